The van der Waals surface area contributed by atoms with Crippen LogP contribution in [0.25, 0.3) is 55.8 Å². The lowest BCUT2D eigenvalue weighted by Gasteiger charge is -2.31. The van der Waals surface area contributed by atoms with E-state index in [1.165, 1.54) is 94.6 Å². The van der Waals surface area contributed by atoms with E-state index in [1.807, 2.05) is 18.2 Å². The van der Waals surface area contributed by atoms with Crippen molar-refractivity contribution in [3.05, 3.63) is 291 Å². The third-order valence-electron chi connectivity index (χ3n) is 17.3. The molecule has 3 heteroatoms. The molecule has 3 unspecified atom stereocenters. The number of fused-ring (bicyclic) bond motifs is 10. The molecule has 1 spiro atoms. The summed E-state index contributed by atoms with van der Waals surface area (Å²) in [5, 5.41) is 14.8. The molecule has 0 fully saturated rings. The van der Waals surface area contributed by atoms with Gasteiger partial charge >= 0.3 is 0 Å². The van der Waals surface area contributed by atoms with Crippen molar-refractivity contribution < 1.29 is 5.11 Å². The quantitative estimate of drug-likeness (QED) is 0.143. The number of allylic oxidation sites excluding steroid dienone is 4. The van der Waals surface area contributed by atoms with E-state index >= 15 is 0 Å². The second kappa shape index (κ2) is 19.3. The van der Waals surface area contributed by atoms with Crippen molar-refractivity contribution in [2.45, 2.75) is 70.8 Å². The van der Waals surface area contributed by atoms with E-state index in [9.17, 15) is 5.11 Å². The first-order chi connectivity index (χ1) is 37.3. The van der Waals surface area contributed by atoms with E-state index in [0.717, 1.165) is 59.5 Å². The smallest absolute Gasteiger partial charge is 0.134 e. The lowest BCUT2D eigenvalue weighted by atomic mass is 9.70. The van der Waals surface area contributed by atoms with Gasteiger partial charge in [-0.3, -0.25) is 0 Å². The standard InChI is InChI=1S/C73H62N2O/c1-5-49(43-56-22-9-10-25-58(56)63-45-64-62-29-13-17-32-67(62)73(68(64)42-46(63)2)65-30-15-11-27-60(65)61-28-12-16-31-66(61)73)55-23-19-24-57(44-55)71-48(4)47(3)70(53-38-34-51(35-39-53)50-20-7-6-8-21-50)74-72(75-71)54-40-36-52(37-41-54)59-26-14-18-33-69(59)76/h6-7,9-20,22-42,44-45,48-49,71,76H,5,8,21,43H2,1-4H3,(H,74,75). The van der Waals surface area contributed by atoms with Crippen LogP contribution in [0.1, 0.15) is 113 Å². The van der Waals surface area contributed by atoms with Gasteiger partial charge in [0.2, 0.25) is 0 Å². The van der Waals surface area contributed by atoms with Crippen LogP contribution >= 0.6 is 0 Å². The van der Waals surface area contributed by atoms with E-state index < -0.39 is 0 Å². The Morgan fingerprint density at radius 2 is 1.16 bits per heavy atom. The average molecular weight is 983 g/mol. The molecule has 3 atom stereocenters. The molecule has 1 heterocycles. The zero-order valence-electron chi connectivity index (χ0n) is 43.8. The number of phenols is 1. The van der Waals surface area contributed by atoms with Crippen molar-refractivity contribution in [3.8, 4) is 50.3 Å². The van der Waals surface area contributed by atoms with Crippen molar-refractivity contribution >= 4 is 17.1 Å². The van der Waals surface area contributed by atoms with Crippen molar-refractivity contribution in [2.75, 3.05) is 0 Å². The number of rotatable bonds is 10. The predicted molar refractivity (Wildman–Crippen MR) is 317 cm³/mol. The molecule has 3 nitrogen and oxygen atoms in total. The second-order valence-corrected chi connectivity index (χ2v) is 21.5. The molecule has 0 bridgehead atoms. The number of aromatic hydroxyl groups is 1. The highest BCUT2D eigenvalue weighted by atomic mass is 16.3. The van der Waals surface area contributed by atoms with Crippen LogP contribution in [-0.2, 0) is 11.8 Å². The molecular formula is C73H62N2O. The lowest BCUT2D eigenvalue weighted by Crippen LogP contribution is -2.32. The van der Waals surface area contributed by atoms with Gasteiger partial charge in [0.15, 0.2) is 0 Å². The fourth-order valence-corrected chi connectivity index (χ4v) is 13.3. The number of phenolic OH excluding ortho intramolecular Hbond substituents is 1. The van der Waals surface area contributed by atoms with Gasteiger partial charge in [-0.25, -0.2) is 4.99 Å². The Morgan fingerprint density at radius 1 is 0.566 bits per heavy atom. The zero-order chi connectivity index (χ0) is 51.5. The maximum Gasteiger partial charge on any atom is 0.134 e. The molecule has 4 aliphatic rings. The van der Waals surface area contributed by atoms with Crippen LogP contribution in [0.5, 0.6) is 5.75 Å². The largest absolute Gasteiger partial charge is 0.507 e. The van der Waals surface area contributed by atoms with Crippen LogP contribution in [-0.4, -0.2) is 10.9 Å². The highest BCUT2D eigenvalue weighted by molar-refractivity contribution is 6.03. The van der Waals surface area contributed by atoms with Gasteiger partial charge in [-0.15, -0.1) is 0 Å². The first-order valence-electron chi connectivity index (χ1n) is 27.3. The molecule has 0 radical (unpaired) electrons. The Morgan fingerprint density at radius 3 is 1.82 bits per heavy atom. The van der Waals surface area contributed by atoms with Crippen molar-refractivity contribution in [2.24, 2.45) is 10.9 Å². The summed E-state index contributed by atoms with van der Waals surface area (Å²) in [6.45, 7) is 9.28. The fourth-order valence-electron chi connectivity index (χ4n) is 13.3. The number of amidine groups is 1. The first-order valence-corrected chi connectivity index (χ1v) is 27.3. The Hall–Kier alpha value is -8.53. The molecule has 9 aromatic carbocycles. The Kier molecular flexibility index (Phi) is 12.0. The molecule has 370 valence electrons. The molecule has 0 saturated heterocycles. The monoisotopic (exact) mass is 982 g/mol. The molecule has 0 saturated carbocycles. The van der Waals surface area contributed by atoms with E-state index in [2.05, 4.69) is 233 Å². The van der Waals surface area contributed by atoms with Gasteiger partial charge in [0.25, 0.3) is 0 Å². The molecule has 13 rings (SSSR count). The predicted octanol–water partition coefficient (Wildman–Crippen LogP) is 18.0. The molecule has 9 aromatic rings. The van der Waals surface area contributed by atoms with Gasteiger partial charge in [-0.05, 0) is 158 Å². The van der Waals surface area contributed by atoms with Gasteiger partial charge in [0.05, 0.1) is 17.2 Å². The van der Waals surface area contributed by atoms with Crippen LogP contribution in [0.2, 0.25) is 0 Å². The van der Waals surface area contributed by atoms with E-state index in [-0.39, 0.29) is 23.1 Å². The summed E-state index contributed by atoms with van der Waals surface area (Å²) in [6.07, 6.45) is 10.7. The maximum absolute atomic E-state index is 10.7. The highest BCUT2D eigenvalue weighted by Gasteiger charge is 2.51. The Bertz CT molecular complexity index is 3820. The number of nitrogens with zero attached hydrogens (tertiary/aromatic N) is 1. The summed E-state index contributed by atoms with van der Waals surface area (Å²) >= 11 is 0. The fraction of sp³-hybridized carbons (Fsp3) is 0.164. The molecule has 3 aliphatic carbocycles. The summed E-state index contributed by atoms with van der Waals surface area (Å²) in [5.74, 6) is 1.52. The third-order valence-corrected chi connectivity index (χ3v) is 17.3. The lowest BCUT2D eigenvalue weighted by molar-refractivity contribution is 0.477. The third kappa shape index (κ3) is 7.83. The van der Waals surface area contributed by atoms with Crippen LogP contribution in [0.15, 0.2) is 235 Å². The summed E-state index contributed by atoms with van der Waals surface area (Å²) in [5.41, 5.74) is 27.1. The Labute approximate surface area is 448 Å². The Balaban J connectivity index is 0.851. The minimum atomic E-state index is -0.361. The number of hydrogen-bond donors (Lipinski definition) is 2. The zero-order valence-corrected chi connectivity index (χ0v) is 43.8. The van der Waals surface area contributed by atoms with Crippen LogP contribution < -0.4 is 5.32 Å². The van der Waals surface area contributed by atoms with Crippen LogP contribution in [0.3, 0.4) is 0 Å². The molecule has 0 aromatic heterocycles. The SMILES string of the molecule is CCC(Cc1ccccc1-c1cc2c(cc1C)C1(c3ccccc3-c3ccccc31)c1ccccc1-2)c1cccc(C2NC(c3ccc(-c4ccccc4O)cc3)=NC(c3ccc(C4=CC=CCC4)cc3)=C(C)C2C)c1. The molecule has 76 heavy (non-hydrogen) atoms. The molecule has 2 N–H and O–H groups in total. The van der Waals surface area contributed by atoms with E-state index in [0.29, 0.717) is 5.92 Å². The van der Waals surface area contributed by atoms with Crippen molar-refractivity contribution in [3.63, 3.8) is 0 Å². The van der Waals surface area contributed by atoms with E-state index in [1.54, 1.807) is 6.07 Å². The van der Waals surface area contributed by atoms with Gasteiger partial charge in [-0.2, -0.15) is 0 Å². The van der Waals surface area contributed by atoms with Crippen molar-refractivity contribution in [1.82, 2.24) is 5.32 Å². The van der Waals surface area contributed by atoms with Crippen LogP contribution in [0.4, 0.5) is 0 Å². The summed E-state index contributed by atoms with van der Waals surface area (Å²) < 4.78 is 0. The number of nitrogens with one attached hydrogen (secondary N) is 1. The van der Waals surface area contributed by atoms with Gasteiger partial charge in [0, 0.05) is 22.6 Å². The number of hydrogen-bond acceptors (Lipinski definition) is 3. The number of aryl methyl sites for hydroxylation is 1. The summed E-state index contributed by atoms with van der Waals surface area (Å²) in [4.78, 5) is 5.55. The van der Waals surface area contributed by atoms with E-state index in [4.69, 9.17) is 4.99 Å². The van der Waals surface area contributed by atoms with Crippen LogP contribution in [0, 0.1) is 12.8 Å². The summed E-state index contributed by atoms with van der Waals surface area (Å²) in [7, 11) is 0. The normalized spacial score (nSPS) is 17.2. The average Bonchev–Trinajstić information content (AvgIpc) is 4.10. The minimum absolute atomic E-state index is 0.0451. The second-order valence-electron chi connectivity index (χ2n) is 21.5. The molecule has 1 aliphatic heterocycles. The highest BCUT2D eigenvalue weighted by Crippen LogP contribution is 2.63. The number of aliphatic imine (C=N–C) groups is 1. The summed E-state index contributed by atoms with van der Waals surface area (Å²) in [6, 6.07) is 75.8. The van der Waals surface area contributed by atoms with Gasteiger partial charge in [0.1, 0.15) is 11.6 Å². The topological polar surface area (TPSA) is 44.6 Å². The molecule has 0 amide bonds. The van der Waals surface area contributed by atoms with Gasteiger partial charge in [-0.1, -0.05) is 226 Å². The minimum Gasteiger partial charge on any atom is -0.507 e. The molecular weight excluding hydrogens is 921 g/mol. The maximum atomic E-state index is 10.7. The number of benzene rings is 9. The number of para-hydroxylation sites is 1. The van der Waals surface area contributed by atoms with Crippen molar-refractivity contribution in [1.29, 1.82) is 0 Å². The van der Waals surface area contributed by atoms with Gasteiger partial charge < -0.3 is 10.4 Å². The first kappa shape index (κ1) is 47.2.